The van der Waals surface area contributed by atoms with E-state index in [-0.39, 0.29) is 69.3 Å². The van der Waals surface area contributed by atoms with Crippen LogP contribution in [0.4, 0.5) is 5.69 Å². The molecule has 134 valence electrons. The van der Waals surface area contributed by atoms with E-state index in [0.29, 0.717) is 0 Å². The number of fused-ring (bicyclic) bond motifs is 2. The maximum Gasteiger partial charge on any atom is 4.00 e. The molecular formula is C20H17BrCl3NZr. The molecule has 0 aromatic heterocycles. The van der Waals surface area contributed by atoms with Crippen LogP contribution in [0.1, 0.15) is 20.8 Å². The van der Waals surface area contributed by atoms with Gasteiger partial charge in [0.1, 0.15) is 0 Å². The zero-order valence-corrected chi connectivity index (χ0v) is 20.9. The van der Waals surface area contributed by atoms with E-state index in [1.165, 1.54) is 43.9 Å². The Morgan fingerprint density at radius 3 is 2.19 bits per heavy atom. The number of anilines is 1. The zero-order valence-electron chi connectivity index (χ0n) is 14.6. The number of hydrogen-bond acceptors (Lipinski definition) is 1. The molecule has 1 aromatic rings. The Bertz CT molecular complexity index is 838. The van der Waals surface area contributed by atoms with E-state index in [1.54, 1.807) is 0 Å². The Hall–Kier alpha value is -0.0469. The quantitative estimate of drug-likeness (QED) is 0.332. The Morgan fingerprint density at radius 1 is 0.962 bits per heavy atom. The monoisotopic (exact) mass is 545 g/mol. The number of allylic oxidation sites excluding steroid dienone is 8. The molecule has 0 saturated heterocycles. The Labute approximate surface area is 201 Å². The van der Waals surface area contributed by atoms with Crippen molar-refractivity contribution in [3.8, 4) is 0 Å². The van der Waals surface area contributed by atoms with E-state index in [4.69, 9.17) is 0 Å². The molecule has 4 rings (SSSR count). The van der Waals surface area contributed by atoms with E-state index in [0.717, 1.165) is 0 Å². The van der Waals surface area contributed by atoms with Crippen LogP contribution in [0.25, 0.3) is 0 Å². The van der Waals surface area contributed by atoms with Gasteiger partial charge in [-0.15, -0.1) is 17.2 Å². The second-order valence-electron chi connectivity index (χ2n) is 6.09. The van der Waals surface area contributed by atoms with Crippen LogP contribution in [0.2, 0.25) is 0 Å². The first-order valence-corrected chi connectivity index (χ1v) is 8.33. The molecular weight excluding hydrogens is 532 g/mol. The van der Waals surface area contributed by atoms with Gasteiger partial charge in [0.25, 0.3) is 0 Å². The average molecular weight is 549 g/mol. The van der Waals surface area contributed by atoms with E-state index < -0.39 is 0 Å². The Kier molecular flexibility index (Phi) is 9.92. The van der Waals surface area contributed by atoms with E-state index in [2.05, 4.69) is 90.2 Å². The van der Waals surface area contributed by atoms with E-state index in [1.807, 2.05) is 0 Å². The molecule has 0 amide bonds. The smallest absolute Gasteiger partial charge is 1.00 e. The minimum Gasteiger partial charge on any atom is -1.00 e. The number of hydrogen-bond donors (Lipinski definition) is 0. The topological polar surface area (TPSA) is 3.24 Å². The van der Waals surface area contributed by atoms with E-state index in [9.17, 15) is 0 Å². The predicted molar refractivity (Wildman–Crippen MR) is 95.3 cm³/mol. The molecule has 2 aliphatic carbocycles. The molecule has 3 aliphatic rings. The van der Waals surface area contributed by atoms with Gasteiger partial charge in [0.15, 0.2) is 0 Å². The fourth-order valence-electron chi connectivity index (χ4n) is 3.50. The molecule has 1 aromatic carbocycles. The van der Waals surface area contributed by atoms with Crippen molar-refractivity contribution in [2.24, 2.45) is 5.92 Å². The van der Waals surface area contributed by atoms with Crippen LogP contribution in [0.15, 0.2) is 80.7 Å². The fourth-order valence-corrected chi connectivity index (χ4v) is 4.38. The molecule has 1 heterocycles. The number of halogens is 4. The first-order valence-electron chi connectivity index (χ1n) is 7.54. The van der Waals surface area contributed by atoms with Crippen molar-refractivity contribution in [2.45, 2.75) is 20.8 Å². The molecule has 26 heavy (non-hydrogen) atoms. The van der Waals surface area contributed by atoms with Crippen molar-refractivity contribution in [1.29, 1.82) is 0 Å². The zero-order chi connectivity index (χ0) is 15.4. The summed E-state index contributed by atoms with van der Waals surface area (Å²) in [5.41, 5.74) is 8.90. The molecule has 1 aliphatic heterocycles. The summed E-state index contributed by atoms with van der Waals surface area (Å²) in [5, 5.41) is 0. The van der Waals surface area contributed by atoms with Crippen LogP contribution in [0.5, 0.6) is 0 Å². The Morgan fingerprint density at radius 2 is 1.58 bits per heavy atom. The van der Waals surface area contributed by atoms with Crippen LogP contribution >= 0.6 is 15.9 Å². The first kappa shape index (κ1) is 26.0. The summed E-state index contributed by atoms with van der Waals surface area (Å²) < 4.78 is 1.26. The molecule has 0 spiro atoms. The van der Waals surface area contributed by atoms with Crippen LogP contribution in [-0.4, -0.2) is 0 Å². The van der Waals surface area contributed by atoms with E-state index >= 15 is 0 Å². The maximum absolute atomic E-state index is 3.87. The van der Waals surface area contributed by atoms with Gasteiger partial charge in [0.05, 0.1) is 0 Å². The van der Waals surface area contributed by atoms with Crippen molar-refractivity contribution < 1.29 is 63.4 Å². The van der Waals surface area contributed by atoms with Gasteiger partial charge in [-0.25, -0.2) is 0 Å². The molecule has 0 fully saturated rings. The van der Waals surface area contributed by atoms with Gasteiger partial charge in [0, 0.05) is 17.3 Å². The second-order valence-corrected chi connectivity index (χ2v) is 6.94. The summed E-state index contributed by atoms with van der Waals surface area (Å²) in [6, 6.07) is 10.6. The molecule has 1 atom stereocenters. The van der Waals surface area contributed by atoms with Crippen molar-refractivity contribution in [3.63, 3.8) is 0 Å². The third kappa shape index (κ3) is 4.03. The third-order valence-corrected chi connectivity index (χ3v) is 5.56. The van der Waals surface area contributed by atoms with Gasteiger partial charge in [0.2, 0.25) is 0 Å². The molecule has 0 N–H and O–H groups in total. The van der Waals surface area contributed by atoms with Gasteiger partial charge in [-0.2, -0.15) is 17.7 Å². The van der Waals surface area contributed by atoms with Crippen LogP contribution in [0, 0.1) is 12.0 Å². The van der Waals surface area contributed by atoms with Gasteiger partial charge in [-0.05, 0) is 41.7 Å². The second kappa shape index (κ2) is 9.94. The standard InChI is InChI=1S/C20H17BrN.3ClH.Zr/c1-12-9-15-11-18-19(20(21)17(15)10-12)13(2)14(3)22(18)16-7-5-4-6-8-16;;;;/h4-10,19H,1-3H3;3*1H;/q-1;;;;+4/p-3. The van der Waals surface area contributed by atoms with Gasteiger partial charge < -0.3 is 42.1 Å². The molecule has 1 unspecified atom stereocenters. The molecule has 6 heteroatoms. The summed E-state index contributed by atoms with van der Waals surface area (Å²) in [4.78, 5) is 2.34. The fraction of sp³-hybridized carbons (Fsp3) is 0.200. The van der Waals surface area contributed by atoms with Crippen molar-refractivity contribution in [3.05, 3.63) is 86.7 Å². The van der Waals surface area contributed by atoms with Gasteiger partial charge >= 0.3 is 26.2 Å². The molecule has 0 radical (unpaired) electrons. The largest absolute Gasteiger partial charge is 4.00 e. The van der Waals surface area contributed by atoms with Crippen molar-refractivity contribution in [1.82, 2.24) is 0 Å². The summed E-state index contributed by atoms with van der Waals surface area (Å²) in [6.07, 6.45) is 8.13. The SMILES string of the molecule is CC1=CC2=C(Br)C3C(=[C-]C2=C1)N(c1ccccc1)C(C)=C3C.[Cl-].[Cl-].[Cl-].[Zr+4]. The third-order valence-electron chi connectivity index (χ3n) is 4.68. The van der Waals surface area contributed by atoms with Crippen molar-refractivity contribution >= 4 is 21.6 Å². The molecule has 1 nitrogen and oxygen atoms in total. The van der Waals surface area contributed by atoms with Gasteiger partial charge in [-0.3, -0.25) is 0 Å². The Balaban J connectivity index is 0.00000156. The van der Waals surface area contributed by atoms with Crippen molar-refractivity contribution in [2.75, 3.05) is 4.90 Å². The maximum atomic E-state index is 3.87. The summed E-state index contributed by atoms with van der Waals surface area (Å²) in [7, 11) is 0. The van der Waals surface area contributed by atoms with Crippen LogP contribution in [0.3, 0.4) is 0 Å². The summed E-state index contributed by atoms with van der Waals surface area (Å²) >= 11 is 3.87. The molecule has 0 bridgehead atoms. The predicted octanol–water partition coefficient (Wildman–Crippen LogP) is -3.34. The number of benzene rings is 1. The minimum absolute atomic E-state index is 0. The number of rotatable bonds is 1. The minimum atomic E-state index is 0. The number of para-hydroxylation sites is 1. The van der Waals surface area contributed by atoms with Crippen LogP contribution in [-0.2, 0) is 26.2 Å². The summed E-state index contributed by atoms with van der Waals surface area (Å²) in [5.74, 6) is 0.287. The number of nitrogens with zero attached hydrogens (tertiary/aromatic N) is 1. The average Bonchev–Trinajstić information content (AvgIpc) is 2.99. The normalized spacial score (nSPS) is 19.8. The molecule has 0 saturated carbocycles. The van der Waals surface area contributed by atoms with Gasteiger partial charge in [-0.1, -0.05) is 41.1 Å². The van der Waals surface area contributed by atoms with Crippen LogP contribution < -0.4 is 42.1 Å². The summed E-state index contributed by atoms with van der Waals surface area (Å²) in [6.45, 7) is 6.57. The first-order chi connectivity index (χ1) is 10.6.